The second kappa shape index (κ2) is 9.11. The largest absolute Gasteiger partial charge is 0.368 e. The Kier molecular flexibility index (Phi) is 6.24. The number of nitrogens with one attached hydrogen (secondary N) is 1. The van der Waals surface area contributed by atoms with Gasteiger partial charge in [0.25, 0.3) is 5.56 Å². The van der Waals surface area contributed by atoms with Gasteiger partial charge in [0, 0.05) is 16.2 Å². The number of hydrogen-bond acceptors (Lipinski definition) is 6. The number of alkyl halides is 1. The Morgan fingerprint density at radius 3 is 2.64 bits per heavy atom. The number of rotatable bonds is 5. The Hall–Kier alpha value is -3.59. The van der Waals surface area contributed by atoms with E-state index >= 15 is 0 Å². The van der Waals surface area contributed by atoms with E-state index in [4.69, 9.17) is 5.73 Å². The lowest BCUT2D eigenvalue weighted by Crippen LogP contribution is -2.26. The van der Waals surface area contributed by atoms with E-state index in [1.165, 1.54) is 10.8 Å². The van der Waals surface area contributed by atoms with Crippen molar-refractivity contribution in [2.24, 2.45) is 0 Å². The van der Waals surface area contributed by atoms with Crippen LogP contribution in [0.5, 0.6) is 0 Å². The number of fused-ring (bicyclic) bond motifs is 1. The van der Waals surface area contributed by atoms with Crippen LogP contribution >= 0.6 is 22.6 Å². The van der Waals surface area contributed by atoms with Gasteiger partial charge in [-0.25, -0.2) is 13.8 Å². The lowest BCUT2D eigenvalue weighted by molar-refractivity contribution is 0.580. The molecule has 0 bridgehead atoms. The Morgan fingerprint density at radius 1 is 1.24 bits per heavy atom. The molecule has 4 aromatic rings. The van der Waals surface area contributed by atoms with Gasteiger partial charge in [0.15, 0.2) is 0 Å². The van der Waals surface area contributed by atoms with E-state index in [1.54, 1.807) is 13.0 Å². The molecule has 0 saturated heterocycles. The molecule has 33 heavy (non-hydrogen) atoms. The van der Waals surface area contributed by atoms with Crippen molar-refractivity contribution in [3.8, 4) is 11.8 Å². The van der Waals surface area contributed by atoms with Gasteiger partial charge in [-0.1, -0.05) is 40.8 Å². The van der Waals surface area contributed by atoms with Crippen LogP contribution in [0.2, 0.25) is 0 Å². The fourth-order valence-corrected chi connectivity index (χ4v) is 4.32. The molecule has 7 nitrogen and oxygen atoms in total. The van der Waals surface area contributed by atoms with Crippen molar-refractivity contribution >= 4 is 45.1 Å². The number of aromatic nitrogens is 3. The first-order chi connectivity index (χ1) is 15.8. The molecule has 2 aromatic carbocycles. The van der Waals surface area contributed by atoms with Crippen LogP contribution in [0.3, 0.4) is 0 Å². The Balaban J connectivity index is 1.98. The predicted molar refractivity (Wildman–Crippen MR) is 130 cm³/mol. The van der Waals surface area contributed by atoms with Crippen LogP contribution in [-0.2, 0) is 4.43 Å². The van der Waals surface area contributed by atoms with Gasteiger partial charge in [-0.3, -0.25) is 9.36 Å². The van der Waals surface area contributed by atoms with Gasteiger partial charge >= 0.3 is 0 Å². The van der Waals surface area contributed by atoms with E-state index in [0.29, 0.717) is 20.9 Å². The van der Waals surface area contributed by atoms with Gasteiger partial charge in [0.2, 0.25) is 5.95 Å². The van der Waals surface area contributed by atoms with Gasteiger partial charge in [0.1, 0.15) is 29.1 Å². The van der Waals surface area contributed by atoms with Crippen LogP contribution in [0.25, 0.3) is 16.5 Å². The van der Waals surface area contributed by atoms with Crippen LogP contribution in [-0.4, -0.2) is 14.5 Å². The summed E-state index contributed by atoms with van der Waals surface area (Å²) >= 11 is 2.17. The first-order valence-corrected chi connectivity index (χ1v) is 11.3. The van der Waals surface area contributed by atoms with E-state index in [0.717, 1.165) is 23.8 Å². The third-order valence-electron chi connectivity index (χ3n) is 5.14. The minimum Gasteiger partial charge on any atom is -0.368 e. The van der Waals surface area contributed by atoms with Crippen molar-refractivity contribution in [2.45, 2.75) is 17.4 Å². The molecule has 4 rings (SSSR count). The number of hydrogen-bond donors (Lipinski definition) is 2. The average Bonchev–Trinajstić information content (AvgIpc) is 2.77. The molecule has 3 N–H and O–H groups in total. The van der Waals surface area contributed by atoms with Crippen molar-refractivity contribution < 1.29 is 8.78 Å². The van der Waals surface area contributed by atoms with E-state index < -0.39 is 23.2 Å². The Labute approximate surface area is 201 Å². The van der Waals surface area contributed by atoms with Crippen molar-refractivity contribution in [1.82, 2.24) is 14.5 Å². The van der Waals surface area contributed by atoms with Crippen LogP contribution < -0.4 is 16.6 Å². The number of pyridine rings is 1. The van der Waals surface area contributed by atoms with E-state index in [1.807, 2.05) is 24.3 Å². The van der Waals surface area contributed by atoms with Crippen LogP contribution in [0.15, 0.2) is 53.5 Å². The zero-order chi connectivity index (χ0) is 23.7. The van der Waals surface area contributed by atoms with Crippen LogP contribution in [0.1, 0.15) is 29.8 Å². The highest BCUT2D eigenvalue weighted by Crippen LogP contribution is 2.27. The molecule has 0 radical (unpaired) electrons. The Morgan fingerprint density at radius 2 is 1.97 bits per heavy atom. The molecule has 0 saturated carbocycles. The maximum atomic E-state index is 14.1. The van der Waals surface area contributed by atoms with Gasteiger partial charge in [-0.05, 0) is 36.1 Å². The molecule has 166 valence electrons. The van der Waals surface area contributed by atoms with Gasteiger partial charge < -0.3 is 11.1 Å². The molecule has 2 heterocycles. The Bertz CT molecular complexity index is 1460. The smallest absolute Gasteiger partial charge is 0.263 e. The third-order valence-corrected chi connectivity index (χ3v) is 5.96. The fraction of sp³-hybridized carbons (Fsp3) is 0.130. The zero-order valence-corrected chi connectivity index (χ0v) is 19.5. The number of anilines is 2. The third kappa shape index (κ3) is 4.36. The normalized spacial score (nSPS) is 11.8. The lowest BCUT2D eigenvalue weighted by Gasteiger charge is -2.22. The van der Waals surface area contributed by atoms with Crippen molar-refractivity contribution in [1.29, 1.82) is 5.26 Å². The SMILES string of the molecule is C[C@H](Nc1nc(N)ncc1C#N)c1cc2cccc(CI)c2c(=O)n1-c1cc(F)cc(F)c1. The quantitative estimate of drug-likeness (QED) is 0.273. The molecule has 0 amide bonds. The summed E-state index contributed by atoms with van der Waals surface area (Å²) in [6.45, 7) is 1.74. The van der Waals surface area contributed by atoms with E-state index in [-0.39, 0.29) is 23.0 Å². The highest BCUT2D eigenvalue weighted by Gasteiger charge is 2.20. The van der Waals surface area contributed by atoms with Gasteiger partial charge in [-0.2, -0.15) is 10.2 Å². The number of benzene rings is 2. The van der Waals surface area contributed by atoms with Crippen LogP contribution in [0.4, 0.5) is 20.5 Å². The molecule has 0 aliphatic heterocycles. The molecule has 0 unspecified atom stereocenters. The molecule has 0 spiro atoms. The monoisotopic (exact) mass is 558 g/mol. The number of halogens is 3. The number of nitrogens with zero attached hydrogens (tertiary/aromatic N) is 4. The second-order valence-corrected chi connectivity index (χ2v) is 8.08. The first kappa shape index (κ1) is 22.6. The van der Waals surface area contributed by atoms with Crippen LogP contribution in [0, 0.1) is 23.0 Å². The zero-order valence-electron chi connectivity index (χ0n) is 17.3. The summed E-state index contributed by atoms with van der Waals surface area (Å²) in [6.07, 6.45) is 1.29. The molecular weight excluding hydrogens is 541 g/mol. The number of nitrogens with two attached hydrogens (primary N) is 1. The highest BCUT2D eigenvalue weighted by atomic mass is 127. The summed E-state index contributed by atoms with van der Waals surface area (Å²) in [4.78, 5) is 21.6. The van der Waals surface area contributed by atoms with Crippen molar-refractivity contribution in [3.05, 3.63) is 87.5 Å². The minimum atomic E-state index is -0.805. The standard InChI is InChI=1S/C23H17F2IN6O/c1-12(30-21-15(10-27)11-29-23(28)31-21)19-5-13-3-2-4-14(9-26)20(13)22(33)32(19)18-7-16(24)6-17(25)8-18/h2-8,11-12H,9H2,1H3,(H3,28,29,30,31)/t12-/m0/s1. The van der Waals surface area contributed by atoms with Gasteiger partial charge in [-0.15, -0.1) is 0 Å². The summed E-state index contributed by atoms with van der Waals surface area (Å²) in [5.74, 6) is -1.45. The lowest BCUT2D eigenvalue weighted by atomic mass is 10.0. The predicted octanol–water partition coefficient (Wildman–Crippen LogP) is 4.62. The molecule has 10 heteroatoms. The minimum absolute atomic E-state index is 0.0292. The molecular formula is C23H17F2IN6O. The van der Waals surface area contributed by atoms with Gasteiger partial charge in [0.05, 0.1) is 23.3 Å². The maximum absolute atomic E-state index is 14.1. The van der Waals surface area contributed by atoms with Crippen molar-refractivity contribution in [2.75, 3.05) is 11.1 Å². The summed E-state index contributed by atoms with van der Waals surface area (Å²) < 4.78 is 30.0. The fourth-order valence-electron chi connectivity index (χ4n) is 3.69. The molecule has 1 atom stereocenters. The molecule has 0 fully saturated rings. The molecule has 0 aliphatic rings. The number of nitrogen functional groups attached to an aromatic ring is 1. The topological polar surface area (TPSA) is 110 Å². The average molecular weight is 558 g/mol. The molecule has 2 aromatic heterocycles. The van der Waals surface area contributed by atoms with Crippen molar-refractivity contribution in [3.63, 3.8) is 0 Å². The first-order valence-electron chi connectivity index (χ1n) is 9.81. The summed E-state index contributed by atoms with van der Waals surface area (Å²) in [6, 6.07) is 11.6. The number of nitriles is 1. The van der Waals surface area contributed by atoms with E-state index in [2.05, 4.69) is 37.9 Å². The van der Waals surface area contributed by atoms with E-state index in [9.17, 15) is 18.8 Å². The molecule has 0 aliphatic carbocycles. The highest BCUT2D eigenvalue weighted by molar-refractivity contribution is 14.1. The summed E-state index contributed by atoms with van der Waals surface area (Å²) in [5, 5.41) is 13.6. The summed E-state index contributed by atoms with van der Waals surface area (Å²) in [7, 11) is 0. The maximum Gasteiger partial charge on any atom is 0.263 e. The summed E-state index contributed by atoms with van der Waals surface area (Å²) in [5.41, 5.74) is 6.71. The second-order valence-electron chi connectivity index (χ2n) is 7.32.